The Balaban J connectivity index is 2.67. The van der Waals surface area contributed by atoms with Crippen molar-refractivity contribution < 1.29 is 5.11 Å². The Morgan fingerprint density at radius 1 is 1.00 bits per heavy atom. The van der Waals surface area contributed by atoms with Gasteiger partial charge in [-0.1, -0.05) is 30.3 Å². The van der Waals surface area contributed by atoms with Crippen molar-refractivity contribution in [1.82, 2.24) is 0 Å². The summed E-state index contributed by atoms with van der Waals surface area (Å²) in [5, 5.41) is 6.64. The molecule has 0 bridgehead atoms. The highest BCUT2D eigenvalue weighted by atomic mass is 16.3. The molecule has 1 heteroatoms. The Morgan fingerprint density at radius 3 is 2.64 bits per heavy atom. The van der Waals surface area contributed by atoms with Gasteiger partial charge >= 0.3 is 0 Å². The summed E-state index contributed by atoms with van der Waals surface area (Å²) in [4.78, 5) is 0. The smallest absolute Gasteiger partial charge is 0.293 e. The van der Waals surface area contributed by atoms with Crippen LogP contribution >= 0.6 is 0 Å². The Morgan fingerprint density at radius 2 is 1.82 bits per heavy atom. The van der Waals surface area contributed by atoms with Crippen molar-refractivity contribution in [1.29, 1.82) is 1.43 Å². The van der Waals surface area contributed by atoms with E-state index in [4.69, 9.17) is 1.43 Å². The molecular weight excluding hydrogens is 136 g/mol. The highest BCUT2D eigenvalue weighted by molar-refractivity contribution is 5.83. The van der Waals surface area contributed by atoms with Gasteiger partial charge in [0.25, 0.3) is 1.43 Å². The van der Waals surface area contributed by atoms with Crippen LogP contribution in [0.5, 0.6) is 5.75 Å². The van der Waals surface area contributed by atoms with Crippen LogP contribution in [0.4, 0.5) is 0 Å². The minimum atomic E-state index is 0.578. The van der Waals surface area contributed by atoms with Gasteiger partial charge in [0.15, 0.2) is 0 Å². The summed E-state index contributed by atoms with van der Waals surface area (Å²) in [7, 11) is 0. The van der Waals surface area contributed by atoms with Crippen LogP contribution in [0, 0.1) is 0 Å². The zero-order valence-corrected chi connectivity index (χ0v) is 5.95. The van der Waals surface area contributed by atoms with Crippen LogP contribution in [0.15, 0.2) is 42.5 Å². The van der Waals surface area contributed by atoms with Crippen LogP contribution in [0.2, 0.25) is 0 Å². The van der Waals surface area contributed by atoms with Gasteiger partial charge < -0.3 is 5.11 Å². The predicted molar refractivity (Wildman–Crippen MR) is 45.6 cm³/mol. The zero-order chi connectivity index (χ0) is 8.39. The molecular formula is C10H8O. The summed E-state index contributed by atoms with van der Waals surface area (Å²) >= 11 is 0. The lowest BCUT2D eigenvalue weighted by Gasteiger charge is -1.96. The van der Waals surface area contributed by atoms with Gasteiger partial charge in [0.05, 0.1) is 0 Å². The van der Waals surface area contributed by atoms with Crippen LogP contribution < -0.4 is 0 Å². The fraction of sp³-hybridized carbons (Fsp3) is 0. The third-order valence-electron chi connectivity index (χ3n) is 1.72. The maximum Gasteiger partial charge on any atom is 0.293 e. The van der Waals surface area contributed by atoms with Crippen LogP contribution in [0.25, 0.3) is 10.8 Å². The molecule has 0 saturated carbocycles. The quantitative estimate of drug-likeness (QED) is 0.653. The molecule has 2 aromatic rings. The van der Waals surface area contributed by atoms with E-state index >= 15 is 0 Å². The molecule has 0 aromatic heterocycles. The van der Waals surface area contributed by atoms with Gasteiger partial charge in [0.2, 0.25) is 0 Å². The molecule has 0 amide bonds. The molecule has 0 heterocycles. The van der Waals surface area contributed by atoms with Crippen LogP contribution in [-0.2, 0) is 0 Å². The Hall–Kier alpha value is -1.50. The number of aromatic hydroxyl groups is 1. The summed E-state index contributed by atoms with van der Waals surface area (Å²) in [6.45, 7) is 0. The molecule has 2 aromatic carbocycles. The van der Waals surface area contributed by atoms with Gasteiger partial charge in [0, 0.05) is 0 Å². The average molecular weight is 145 g/mol. The third-order valence-corrected chi connectivity index (χ3v) is 1.72. The summed E-state index contributed by atoms with van der Waals surface area (Å²) in [5.41, 5.74) is 0. The van der Waals surface area contributed by atoms with E-state index in [1.807, 2.05) is 36.4 Å². The molecule has 11 heavy (non-hydrogen) atoms. The molecule has 0 aliphatic rings. The second-order valence-corrected chi connectivity index (χ2v) is 2.51. The SMILES string of the molecule is [2H]Oc1ccc2ccccc2c1. The predicted octanol–water partition coefficient (Wildman–Crippen LogP) is 2.55. The van der Waals surface area contributed by atoms with E-state index in [0.717, 1.165) is 5.39 Å². The van der Waals surface area contributed by atoms with E-state index in [1.54, 1.807) is 6.07 Å². The van der Waals surface area contributed by atoms with Gasteiger partial charge in [-0.05, 0) is 22.9 Å². The highest BCUT2D eigenvalue weighted by Crippen LogP contribution is 2.18. The number of rotatable bonds is 1. The summed E-state index contributed by atoms with van der Waals surface area (Å²) in [6, 6.07) is 13.6. The summed E-state index contributed by atoms with van der Waals surface area (Å²) in [6.07, 6.45) is 0. The molecule has 0 spiro atoms. The second kappa shape index (κ2) is 2.27. The Kier molecular flexibility index (Phi) is 1.07. The van der Waals surface area contributed by atoms with Crippen molar-refractivity contribution in [2.24, 2.45) is 0 Å². The van der Waals surface area contributed by atoms with Crippen molar-refractivity contribution in [3.8, 4) is 5.75 Å². The first-order valence-electron chi connectivity index (χ1n) is 3.93. The molecule has 54 valence electrons. The van der Waals surface area contributed by atoms with Gasteiger partial charge in [-0.3, -0.25) is 0 Å². The standard InChI is InChI=1S/C10H8O/c11-10-6-5-8-3-1-2-4-9(8)7-10/h1-7,11H/i/hD. The lowest BCUT2D eigenvalue weighted by molar-refractivity contribution is 0.476. The van der Waals surface area contributed by atoms with Gasteiger partial charge in [-0.2, -0.15) is 0 Å². The van der Waals surface area contributed by atoms with E-state index in [1.165, 1.54) is 5.39 Å². The monoisotopic (exact) mass is 145 g/mol. The third kappa shape index (κ3) is 1.05. The van der Waals surface area contributed by atoms with E-state index in [-0.39, 0.29) is 0 Å². The van der Waals surface area contributed by atoms with Gasteiger partial charge in [-0.25, -0.2) is 0 Å². The average Bonchev–Trinajstić information content (AvgIpc) is 2.17. The maximum atomic E-state index is 6.72. The number of phenols is 1. The van der Waals surface area contributed by atoms with Gasteiger partial charge in [-0.15, -0.1) is 0 Å². The first-order valence-corrected chi connectivity index (χ1v) is 3.52. The van der Waals surface area contributed by atoms with E-state index in [9.17, 15) is 0 Å². The van der Waals surface area contributed by atoms with Crippen molar-refractivity contribution in [3.63, 3.8) is 0 Å². The topological polar surface area (TPSA) is 20.2 Å². The molecule has 0 fully saturated rings. The Labute approximate surface area is 66.4 Å². The largest absolute Gasteiger partial charge is 0.508 e. The maximum absolute atomic E-state index is 6.72. The highest BCUT2D eigenvalue weighted by Gasteiger charge is 1.91. The normalized spacial score (nSPS) is 11.1. The van der Waals surface area contributed by atoms with Gasteiger partial charge in [0.1, 0.15) is 5.75 Å². The minimum Gasteiger partial charge on any atom is -0.508 e. The molecule has 1 nitrogen and oxygen atoms in total. The molecule has 1 N–H and O–H groups in total. The lowest BCUT2D eigenvalue weighted by atomic mass is 10.1. The van der Waals surface area contributed by atoms with Crippen LogP contribution in [-0.4, -0.2) is 6.54 Å². The molecule has 0 radical (unpaired) electrons. The fourth-order valence-electron chi connectivity index (χ4n) is 1.17. The van der Waals surface area contributed by atoms with Crippen LogP contribution in [0.3, 0.4) is 0 Å². The molecule has 0 saturated heterocycles. The van der Waals surface area contributed by atoms with Crippen molar-refractivity contribution in [3.05, 3.63) is 42.5 Å². The van der Waals surface area contributed by atoms with Crippen molar-refractivity contribution in [2.75, 3.05) is 0 Å². The van der Waals surface area contributed by atoms with E-state index < -0.39 is 0 Å². The molecule has 0 unspecified atom stereocenters. The summed E-state index contributed by atoms with van der Waals surface area (Å²) in [5.74, 6) is 0.578. The Bertz CT molecular complexity index is 398. The lowest BCUT2D eigenvalue weighted by Crippen LogP contribution is -1.69. The van der Waals surface area contributed by atoms with Crippen LogP contribution in [0.1, 0.15) is 0 Å². The summed E-state index contributed by atoms with van der Waals surface area (Å²) < 4.78 is 6.72. The zero-order valence-electron chi connectivity index (χ0n) is 6.95. The van der Waals surface area contributed by atoms with E-state index in [2.05, 4.69) is 5.11 Å². The molecule has 2 rings (SSSR count). The number of benzene rings is 2. The fourth-order valence-corrected chi connectivity index (χ4v) is 1.17. The number of hydrogen-bond acceptors (Lipinski definition) is 1. The molecule has 0 aliphatic carbocycles. The second-order valence-electron chi connectivity index (χ2n) is 2.51. The number of hydrogen-bond donors (Lipinski definition) is 1. The first kappa shape index (κ1) is 5.19. The molecule has 0 atom stereocenters. The van der Waals surface area contributed by atoms with Crippen molar-refractivity contribution >= 4 is 10.8 Å². The first-order chi connectivity index (χ1) is 5.90. The van der Waals surface area contributed by atoms with Crippen molar-refractivity contribution in [2.45, 2.75) is 0 Å². The number of fused-ring (bicyclic) bond motifs is 1. The molecule has 0 aliphatic heterocycles. The van der Waals surface area contributed by atoms with E-state index in [0.29, 0.717) is 5.75 Å². The minimum absolute atomic E-state index is 0.578. The number of phenolic OH excluding ortho intramolecular Hbond substituents is 1.